The lowest BCUT2D eigenvalue weighted by atomic mass is 10.1. The Bertz CT molecular complexity index is 728. The SMILES string of the molecule is O=C(O)/C=C/c1cccnc1N1CCc2ccc(F)cc21. The maximum atomic E-state index is 13.5. The number of carbonyl (C=O) groups is 1. The van der Waals surface area contributed by atoms with Gasteiger partial charge in [-0.25, -0.2) is 14.2 Å². The van der Waals surface area contributed by atoms with Crippen LogP contribution in [0.1, 0.15) is 11.1 Å². The molecule has 4 nitrogen and oxygen atoms in total. The number of carboxylic acids is 1. The molecule has 0 unspecified atom stereocenters. The highest BCUT2D eigenvalue weighted by atomic mass is 19.1. The Morgan fingerprint density at radius 1 is 1.38 bits per heavy atom. The predicted molar refractivity (Wildman–Crippen MR) is 78.0 cm³/mol. The van der Waals surface area contributed by atoms with E-state index in [1.54, 1.807) is 24.4 Å². The van der Waals surface area contributed by atoms with Crippen molar-refractivity contribution in [2.24, 2.45) is 0 Å². The molecule has 5 heteroatoms. The molecule has 106 valence electrons. The van der Waals surface area contributed by atoms with E-state index in [-0.39, 0.29) is 5.82 Å². The van der Waals surface area contributed by atoms with E-state index in [2.05, 4.69) is 4.98 Å². The van der Waals surface area contributed by atoms with Gasteiger partial charge < -0.3 is 10.0 Å². The van der Waals surface area contributed by atoms with Crippen molar-refractivity contribution in [3.05, 3.63) is 59.5 Å². The lowest BCUT2D eigenvalue weighted by Crippen LogP contribution is -2.16. The van der Waals surface area contributed by atoms with Crippen molar-refractivity contribution >= 4 is 23.6 Å². The zero-order valence-electron chi connectivity index (χ0n) is 11.2. The minimum absolute atomic E-state index is 0.292. The monoisotopic (exact) mass is 284 g/mol. The number of pyridine rings is 1. The highest BCUT2D eigenvalue weighted by Gasteiger charge is 2.23. The van der Waals surface area contributed by atoms with Crippen LogP contribution >= 0.6 is 0 Å². The van der Waals surface area contributed by atoms with Crippen molar-refractivity contribution in [3.63, 3.8) is 0 Å². The van der Waals surface area contributed by atoms with E-state index in [1.807, 2.05) is 4.90 Å². The molecule has 0 radical (unpaired) electrons. The first kappa shape index (κ1) is 13.3. The lowest BCUT2D eigenvalue weighted by Gasteiger charge is -2.20. The Balaban J connectivity index is 2.04. The lowest BCUT2D eigenvalue weighted by molar-refractivity contribution is -0.131. The molecule has 1 aromatic carbocycles. The van der Waals surface area contributed by atoms with Gasteiger partial charge in [0, 0.05) is 30.1 Å². The van der Waals surface area contributed by atoms with Crippen LogP contribution in [0.3, 0.4) is 0 Å². The fourth-order valence-corrected chi connectivity index (χ4v) is 2.50. The highest BCUT2D eigenvalue weighted by Crippen LogP contribution is 2.35. The van der Waals surface area contributed by atoms with Crippen LogP contribution in [-0.2, 0) is 11.2 Å². The van der Waals surface area contributed by atoms with Gasteiger partial charge in [0.15, 0.2) is 0 Å². The summed E-state index contributed by atoms with van der Waals surface area (Å²) in [6.07, 6.45) is 5.03. The van der Waals surface area contributed by atoms with Gasteiger partial charge in [-0.3, -0.25) is 0 Å². The number of aliphatic carboxylic acids is 1. The summed E-state index contributed by atoms with van der Waals surface area (Å²) in [6.45, 7) is 0.698. The Morgan fingerprint density at radius 2 is 2.24 bits per heavy atom. The van der Waals surface area contributed by atoms with E-state index in [4.69, 9.17) is 5.11 Å². The normalized spacial score (nSPS) is 13.7. The molecular weight excluding hydrogens is 271 g/mol. The van der Waals surface area contributed by atoms with Gasteiger partial charge in [0.05, 0.1) is 0 Å². The molecule has 2 heterocycles. The number of aromatic nitrogens is 1. The standard InChI is InChI=1S/C16H13FN2O2/c17-13-5-3-11-7-9-19(14(11)10-13)16-12(2-1-8-18-16)4-6-15(20)21/h1-6,8,10H,7,9H2,(H,20,21)/b6-4+. The third-order valence-electron chi connectivity index (χ3n) is 3.42. The Kier molecular flexibility index (Phi) is 3.39. The van der Waals surface area contributed by atoms with Crippen LogP contribution < -0.4 is 4.90 Å². The van der Waals surface area contributed by atoms with Crippen LogP contribution in [0, 0.1) is 5.82 Å². The van der Waals surface area contributed by atoms with Crippen molar-refractivity contribution in [2.45, 2.75) is 6.42 Å². The number of rotatable bonds is 3. The predicted octanol–water partition coefficient (Wildman–Crippen LogP) is 3.01. The first-order valence-electron chi connectivity index (χ1n) is 6.57. The van der Waals surface area contributed by atoms with Gasteiger partial charge in [0.1, 0.15) is 11.6 Å². The summed E-state index contributed by atoms with van der Waals surface area (Å²) < 4.78 is 13.5. The van der Waals surface area contributed by atoms with E-state index in [0.29, 0.717) is 17.9 Å². The van der Waals surface area contributed by atoms with Gasteiger partial charge in [0.25, 0.3) is 0 Å². The zero-order chi connectivity index (χ0) is 14.8. The summed E-state index contributed by atoms with van der Waals surface area (Å²) in [7, 11) is 0. The molecule has 2 aromatic rings. The van der Waals surface area contributed by atoms with Crippen LogP contribution in [0.15, 0.2) is 42.6 Å². The summed E-state index contributed by atoms with van der Waals surface area (Å²) in [4.78, 5) is 16.9. The molecule has 0 aliphatic carbocycles. The second-order valence-corrected chi connectivity index (χ2v) is 4.76. The second-order valence-electron chi connectivity index (χ2n) is 4.76. The van der Waals surface area contributed by atoms with Crippen LogP contribution in [-0.4, -0.2) is 22.6 Å². The molecule has 0 bridgehead atoms. The molecule has 0 saturated carbocycles. The van der Waals surface area contributed by atoms with Crippen molar-refractivity contribution in [2.75, 3.05) is 11.4 Å². The third kappa shape index (κ3) is 2.63. The molecule has 0 amide bonds. The second kappa shape index (κ2) is 5.36. The molecule has 0 fully saturated rings. The van der Waals surface area contributed by atoms with E-state index in [9.17, 15) is 9.18 Å². The van der Waals surface area contributed by atoms with Gasteiger partial charge in [-0.05, 0) is 42.3 Å². The summed E-state index contributed by atoms with van der Waals surface area (Å²) >= 11 is 0. The summed E-state index contributed by atoms with van der Waals surface area (Å²) in [5.41, 5.74) is 2.55. The molecule has 0 saturated heterocycles. The molecule has 0 spiro atoms. The first-order valence-corrected chi connectivity index (χ1v) is 6.57. The van der Waals surface area contributed by atoms with Crippen LogP contribution in [0.25, 0.3) is 6.08 Å². The Morgan fingerprint density at radius 3 is 3.05 bits per heavy atom. The fraction of sp³-hybridized carbons (Fsp3) is 0.125. The zero-order valence-corrected chi connectivity index (χ0v) is 11.2. The van der Waals surface area contributed by atoms with Crippen molar-refractivity contribution in [3.8, 4) is 0 Å². The number of halogens is 1. The molecule has 1 N–H and O–H groups in total. The summed E-state index contributed by atoms with van der Waals surface area (Å²) in [5.74, 6) is -0.670. The van der Waals surface area contributed by atoms with Crippen LogP contribution in [0.4, 0.5) is 15.9 Å². The van der Waals surface area contributed by atoms with Gasteiger partial charge >= 0.3 is 5.97 Å². The largest absolute Gasteiger partial charge is 0.478 e. The third-order valence-corrected chi connectivity index (χ3v) is 3.42. The van der Waals surface area contributed by atoms with E-state index in [0.717, 1.165) is 23.7 Å². The maximum absolute atomic E-state index is 13.5. The van der Waals surface area contributed by atoms with Crippen molar-refractivity contribution in [1.29, 1.82) is 0 Å². The molecule has 1 aliphatic heterocycles. The van der Waals surface area contributed by atoms with Gasteiger partial charge in [-0.15, -0.1) is 0 Å². The quantitative estimate of drug-likeness (QED) is 0.880. The minimum Gasteiger partial charge on any atom is -0.478 e. The molecule has 1 aliphatic rings. The number of anilines is 2. The van der Waals surface area contributed by atoms with Crippen molar-refractivity contribution in [1.82, 2.24) is 4.98 Å². The number of benzene rings is 1. The molecule has 3 rings (SSSR count). The average molecular weight is 284 g/mol. The van der Waals surface area contributed by atoms with Crippen molar-refractivity contribution < 1.29 is 14.3 Å². The summed E-state index contributed by atoms with van der Waals surface area (Å²) in [5, 5.41) is 8.75. The molecular formula is C16H13FN2O2. The first-order chi connectivity index (χ1) is 10.1. The highest BCUT2D eigenvalue weighted by molar-refractivity contribution is 5.87. The smallest absolute Gasteiger partial charge is 0.328 e. The van der Waals surface area contributed by atoms with Crippen LogP contribution in [0.2, 0.25) is 0 Å². The summed E-state index contributed by atoms with van der Waals surface area (Å²) in [6, 6.07) is 8.25. The van der Waals surface area contributed by atoms with E-state index >= 15 is 0 Å². The Hall–Kier alpha value is -2.69. The number of fused-ring (bicyclic) bond motifs is 1. The van der Waals surface area contributed by atoms with E-state index < -0.39 is 5.97 Å². The number of hydrogen-bond acceptors (Lipinski definition) is 3. The van der Waals surface area contributed by atoms with Gasteiger partial charge in [-0.2, -0.15) is 0 Å². The minimum atomic E-state index is -1.02. The average Bonchev–Trinajstić information content (AvgIpc) is 2.88. The Labute approximate surface area is 121 Å². The number of hydrogen-bond donors (Lipinski definition) is 1. The number of carboxylic acid groups (broad SMARTS) is 1. The van der Waals surface area contributed by atoms with Gasteiger partial charge in [-0.1, -0.05) is 6.07 Å². The fourth-order valence-electron chi connectivity index (χ4n) is 2.50. The molecule has 21 heavy (non-hydrogen) atoms. The molecule has 1 aromatic heterocycles. The van der Waals surface area contributed by atoms with Crippen LogP contribution in [0.5, 0.6) is 0 Å². The topological polar surface area (TPSA) is 53.4 Å². The van der Waals surface area contributed by atoms with E-state index in [1.165, 1.54) is 18.2 Å². The van der Waals surface area contributed by atoms with Gasteiger partial charge in [0.2, 0.25) is 0 Å². The molecule has 0 atom stereocenters. The number of nitrogens with zero attached hydrogens (tertiary/aromatic N) is 2. The maximum Gasteiger partial charge on any atom is 0.328 e.